The smallest absolute Gasteiger partial charge is 0.295 e. The van der Waals surface area contributed by atoms with Crippen molar-refractivity contribution in [2.24, 2.45) is 0 Å². The van der Waals surface area contributed by atoms with Crippen LogP contribution < -0.4 is 5.32 Å². The third-order valence-corrected chi connectivity index (χ3v) is 6.00. The number of alkyl halides is 2. The Labute approximate surface area is 196 Å². The van der Waals surface area contributed by atoms with Gasteiger partial charge in [0.05, 0.1) is 12.4 Å². The lowest BCUT2D eigenvalue weighted by Crippen LogP contribution is -2.47. The zero-order valence-corrected chi connectivity index (χ0v) is 18.6. The molecule has 0 radical (unpaired) electrons. The number of oxazole rings is 1. The highest BCUT2D eigenvalue weighted by molar-refractivity contribution is 6.31. The zero-order chi connectivity index (χ0) is 24.0. The standard InChI is InChI=1S/C22H18ClF3N6O2/c1-12-2-4-15(32-28-7-8-29-32)18(19(12)24)20(33)31-9-6-22(25,26)17(31)11-27-21-30-14-10-13(23)3-5-16(14)34-21/h2-5,7-8,10,17H,6,9,11H2,1H3,(H,27,30)/t17-/m1/s1. The summed E-state index contributed by atoms with van der Waals surface area (Å²) in [6, 6.07) is 6.22. The van der Waals surface area contributed by atoms with E-state index in [0.29, 0.717) is 16.1 Å². The van der Waals surface area contributed by atoms with Crippen LogP contribution in [-0.4, -0.2) is 55.8 Å². The molecule has 0 spiro atoms. The van der Waals surface area contributed by atoms with Crippen LogP contribution >= 0.6 is 11.6 Å². The molecule has 1 aliphatic heterocycles. The van der Waals surface area contributed by atoms with Crippen molar-refractivity contribution in [1.29, 1.82) is 0 Å². The molecule has 1 atom stereocenters. The number of carbonyl (C=O) groups excluding carboxylic acids is 1. The van der Waals surface area contributed by atoms with Crippen LogP contribution in [0.2, 0.25) is 5.02 Å². The number of carbonyl (C=O) groups is 1. The predicted molar refractivity (Wildman–Crippen MR) is 118 cm³/mol. The fraction of sp³-hybridized carbons (Fsp3) is 0.273. The fourth-order valence-corrected chi connectivity index (χ4v) is 4.17. The van der Waals surface area contributed by atoms with E-state index in [1.165, 1.54) is 31.5 Å². The highest BCUT2D eigenvalue weighted by Gasteiger charge is 2.51. The Kier molecular flexibility index (Phi) is 5.43. The van der Waals surface area contributed by atoms with Crippen LogP contribution in [0.25, 0.3) is 16.8 Å². The van der Waals surface area contributed by atoms with Crippen molar-refractivity contribution in [3.63, 3.8) is 0 Å². The van der Waals surface area contributed by atoms with Crippen LogP contribution in [0.5, 0.6) is 0 Å². The van der Waals surface area contributed by atoms with Gasteiger partial charge in [-0.15, -0.1) is 0 Å². The highest BCUT2D eigenvalue weighted by Crippen LogP contribution is 2.36. The van der Waals surface area contributed by atoms with Crippen LogP contribution in [0, 0.1) is 12.7 Å². The Morgan fingerprint density at radius 2 is 2.03 bits per heavy atom. The van der Waals surface area contributed by atoms with Gasteiger partial charge in [-0.05, 0) is 36.8 Å². The largest absolute Gasteiger partial charge is 0.424 e. The lowest BCUT2D eigenvalue weighted by atomic mass is 10.1. The van der Waals surface area contributed by atoms with Crippen molar-refractivity contribution in [1.82, 2.24) is 24.9 Å². The molecule has 0 unspecified atom stereocenters. The molecule has 8 nitrogen and oxygen atoms in total. The first-order valence-corrected chi connectivity index (χ1v) is 10.8. The number of nitrogens with zero attached hydrogens (tertiary/aromatic N) is 5. The predicted octanol–water partition coefficient (Wildman–Crippen LogP) is 4.47. The van der Waals surface area contributed by atoms with Crippen LogP contribution in [0.3, 0.4) is 0 Å². The molecule has 3 heterocycles. The van der Waals surface area contributed by atoms with Crippen molar-refractivity contribution in [2.45, 2.75) is 25.3 Å². The van der Waals surface area contributed by atoms with Gasteiger partial charge >= 0.3 is 0 Å². The first-order valence-electron chi connectivity index (χ1n) is 10.4. The van der Waals surface area contributed by atoms with E-state index in [1.807, 2.05) is 0 Å². The molecule has 0 saturated carbocycles. The molecule has 2 aromatic heterocycles. The molecule has 1 N–H and O–H groups in total. The van der Waals surface area contributed by atoms with E-state index in [4.69, 9.17) is 16.0 Å². The minimum absolute atomic E-state index is 0.00975. The number of hydrogen-bond acceptors (Lipinski definition) is 6. The van der Waals surface area contributed by atoms with Crippen molar-refractivity contribution in [3.05, 3.63) is 64.7 Å². The second-order valence-electron chi connectivity index (χ2n) is 7.95. The van der Waals surface area contributed by atoms with Crippen LogP contribution in [-0.2, 0) is 0 Å². The number of fused-ring (bicyclic) bond motifs is 1. The molecule has 1 fully saturated rings. The molecule has 0 bridgehead atoms. The summed E-state index contributed by atoms with van der Waals surface area (Å²) in [5, 5.41) is 11.1. The number of amides is 1. The van der Waals surface area contributed by atoms with Crippen molar-refractivity contribution in [3.8, 4) is 5.69 Å². The SMILES string of the molecule is Cc1ccc(-n2nccn2)c(C(=O)N2CCC(F)(F)[C@H]2CNc2nc3cc(Cl)ccc3o2)c1F. The Morgan fingerprint density at radius 1 is 1.26 bits per heavy atom. The Hall–Kier alpha value is -3.60. The Bertz CT molecular complexity index is 1370. The molecule has 12 heteroatoms. The maximum absolute atomic E-state index is 15.1. The van der Waals surface area contributed by atoms with E-state index < -0.39 is 30.1 Å². The number of rotatable bonds is 5. The number of aromatic nitrogens is 4. The number of aryl methyl sites for hydroxylation is 1. The molecule has 1 aliphatic rings. The summed E-state index contributed by atoms with van der Waals surface area (Å²) in [6.45, 7) is 0.881. The van der Waals surface area contributed by atoms with E-state index in [-0.39, 0.29) is 35.9 Å². The molecule has 4 aromatic rings. The van der Waals surface area contributed by atoms with E-state index in [1.54, 1.807) is 18.2 Å². The number of hydrogen-bond donors (Lipinski definition) is 1. The lowest BCUT2D eigenvalue weighted by molar-refractivity contribution is -0.0250. The molecule has 1 amide bonds. The van der Waals surface area contributed by atoms with Gasteiger partial charge in [-0.2, -0.15) is 20.0 Å². The van der Waals surface area contributed by atoms with Gasteiger partial charge in [-0.3, -0.25) is 4.79 Å². The molecule has 1 saturated heterocycles. The minimum Gasteiger partial charge on any atom is -0.424 e. The topological polar surface area (TPSA) is 89.1 Å². The summed E-state index contributed by atoms with van der Waals surface area (Å²) >= 11 is 5.95. The molecule has 34 heavy (non-hydrogen) atoms. The van der Waals surface area contributed by atoms with Gasteiger partial charge in [-0.25, -0.2) is 13.2 Å². The summed E-state index contributed by atoms with van der Waals surface area (Å²) in [6.07, 6.45) is 2.18. The van der Waals surface area contributed by atoms with Crippen molar-refractivity contribution >= 4 is 34.6 Å². The third-order valence-electron chi connectivity index (χ3n) is 5.77. The number of nitrogens with one attached hydrogen (secondary N) is 1. The Morgan fingerprint density at radius 3 is 2.79 bits per heavy atom. The van der Waals surface area contributed by atoms with Gasteiger partial charge in [0.1, 0.15) is 28.6 Å². The van der Waals surface area contributed by atoms with E-state index in [0.717, 1.165) is 9.70 Å². The summed E-state index contributed by atoms with van der Waals surface area (Å²) in [5.41, 5.74) is 0.784. The fourth-order valence-electron chi connectivity index (χ4n) is 4.01. The molecule has 5 rings (SSSR count). The molecule has 176 valence electrons. The normalized spacial score (nSPS) is 17.4. The quantitative estimate of drug-likeness (QED) is 0.444. The molecular formula is C22H18ClF3N6O2. The molecule has 2 aromatic carbocycles. The second kappa shape index (κ2) is 8.32. The van der Waals surface area contributed by atoms with Crippen LogP contribution in [0.1, 0.15) is 22.3 Å². The average molecular weight is 491 g/mol. The maximum Gasteiger partial charge on any atom is 0.295 e. The van der Waals surface area contributed by atoms with Gasteiger partial charge in [0.25, 0.3) is 17.8 Å². The van der Waals surface area contributed by atoms with Gasteiger partial charge in [-0.1, -0.05) is 17.7 Å². The summed E-state index contributed by atoms with van der Waals surface area (Å²) < 4.78 is 50.3. The molecule has 0 aliphatic carbocycles. The summed E-state index contributed by atoms with van der Waals surface area (Å²) in [7, 11) is 0. The van der Waals surface area contributed by atoms with Gasteiger partial charge in [0.2, 0.25) is 0 Å². The van der Waals surface area contributed by atoms with Crippen LogP contribution in [0.15, 0.2) is 47.1 Å². The minimum atomic E-state index is -3.21. The van der Waals surface area contributed by atoms with Crippen LogP contribution in [0.4, 0.5) is 19.2 Å². The van der Waals surface area contributed by atoms with Crippen molar-refractivity contribution < 1.29 is 22.4 Å². The second-order valence-corrected chi connectivity index (χ2v) is 8.38. The van der Waals surface area contributed by atoms with Gasteiger partial charge in [0.15, 0.2) is 5.58 Å². The van der Waals surface area contributed by atoms with E-state index >= 15 is 4.39 Å². The average Bonchev–Trinajstić information content (AvgIpc) is 3.52. The van der Waals surface area contributed by atoms with Gasteiger partial charge in [0, 0.05) is 24.5 Å². The zero-order valence-electron chi connectivity index (χ0n) is 17.8. The number of benzene rings is 2. The van der Waals surface area contributed by atoms with E-state index in [2.05, 4.69) is 20.5 Å². The first kappa shape index (κ1) is 22.2. The lowest BCUT2D eigenvalue weighted by Gasteiger charge is -2.28. The van der Waals surface area contributed by atoms with Crippen molar-refractivity contribution in [2.75, 3.05) is 18.4 Å². The van der Waals surface area contributed by atoms with Gasteiger partial charge < -0.3 is 14.6 Å². The molecular weight excluding hydrogens is 473 g/mol. The maximum atomic E-state index is 15.1. The number of likely N-dealkylation sites (tertiary alicyclic amines) is 1. The monoisotopic (exact) mass is 490 g/mol. The Balaban J connectivity index is 1.45. The summed E-state index contributed by atoms with van der Waals surface area (Å²) in [5.74, 6) is -4.89. The number of anilines is 1. The first-order chi connectivity index (χ1) is 16.2. The summed E-state index contributed by atoms with van der Waals surface area (Å²) in [4.78, 5) is 19.7. The highest BCUT2D eigenvalue weighted by atomic mass is 35.5. The number of halogens is 4. The third kappa shape index (κ3) is 3.85. The van der Waals surface area contributed by atoms with E-state index in [9.17, 15) is 13.6 Å².